The Morgan fingerprint density at radius 3 is 2.52 bits per heavy atom. The summed E-state index contributed by atoms with van der Waals surface area (Å²) in [7, 11) is 1.52. The van der Waals surface area contributed by atoms with Crippen molar-refractivity contribution in [1.29, 1.82) is 0 Å². The van der Waals surface area contributed by atoms with Crippen LogP contribution in [0, 0.1) is 12.8 Å². The molecule has 3 aromatic rings. The summed E-state index contributed by atoms with van der Waals surface area (Å²) in [5, 5.41) is 7.66. The molecule has 2 heterocycles. The van der Waals surface area contributed by atoms with E-state index in [2.05, 4.69) is 15.6 Å². The van der Waals surface area contributed by atoms with Crippen molar-refractivity contribution in [2.45, 2.75) is 33.4 Å². The minimum atomic E-state index is -0.663. The smallest absolute Gasteiger partial charge is 0.263 e. The van der Waals surface area contributed by atoms with E-state index in [-0.39, 0.29) is 23.9 Å². The molecule has 0 aliphatic rings. The second-order valence-electron chi connectivity index (χ2n) is 7.28. The second-order valence-corrected chi connectivity index (χ2v) is 8.13. The first-order valence-electron chi connectivity index (χ1n) is 9.36. The summed E-state index contributed by atoms with van der Waals surface area (Å²) < 4.78 is 1.28. The highest BCUT2D eigenvalue weighted by Gasteiger charge is 2.23. The molecule has 0 saturated heterocycles. The Bertz CT molecular complexity index is 1100. The Morgan fingerprint density at radius 2 is 1.90 bits per heavy atom. The SMILES string of the molecule is CNC(=O)[C@@H](NC(=O)Cn1cnc2scc(-c3ccc(C)cc3)c2c1=O)C(C)C. The first-order valence-corrected chi connectivity index (χ1v) is 10.2. The van der Waals surface area contributed by atoms with Crippen LogP contribution < -0.4 is 16.2 Å². The van der Waals surface area contributed by atoms with Gasteiger partial charge in [0.2, 0.25) is 11.8 Å². The van der Waals surface area contributed by atoms with Gasteiger partial charge in [0.05, 0.1) is 11.7 Å². The Labute approximate surface area is 172 Å². The van der Waals surface area contributed by atoms with Crippen LogP contribution in [-0.2, 0) is 16.1 Å². The van der Waals surface area contributed by atoms with Gasteiger partial charge in [-0.25, -0.2) is 4.98 Å². The molecule has 2 amide bonds. The number of aryl methyl sites for hydroxylation is 1. The van der Waals surface area contributed by atoms with E-state index in [1.807, 2.05) is 50.4 Å². The largest absolute Gasteiger partial charge is 0.357 e. The number of aromatic nitrogens is 2. The summed E-state index contributed by atoms with van der Waals surface area (Å²) in [6, 6.07) is 7.26. The molecular weight excluding hydrogens is 388 g/mol. The lowest BCUT2D eigenvalue weighted by Gasteiger charge is -2.20. The Hall–Kier alpha value is -3.00. The van der Waals surface area contributed by atoms with E-state index in [9.17, 15) is 14.4 Å². The first-order chi connectivity index (χ1) is 13.8. The van der Waals surface area contributed by atoms with Crippen molar-refractivity contribution in [2.75, 3.05) is 7.05 Å². The summed E-state index contributed by atoms with van der Waals surface area (Å²) in [6.07, 6.45) is 1.38. The number of rotatable bonds is 6. The molecule has 0 saturated carbocycles. The molecule has 0 aliphatic carbocycles. The van der Waals surface area contributed by atoms with Crippen molar-refractivity contribution >= 4 is 33.4 Å². The van der Waals surface area contributed by atoms with Gasteiger partial charge >= 0.3 is 0 Å². The third kappa shape index (κ3) is 4.37. The number of thiophene rings is 1. The molecule has 0 spiro atoms. The van der Waals surface area contributed by atoms with Crippen molar-refractivity contribution < 1.29 is 9.59 Å². The van der Waals surface area contributed by atoms with E-state index in [1.165, 1.54) is 29.3 Å². The van der Waals surface area contributed by atoms with Gasteiger partial charge < -0.3 is 10.6 Å². The molecular formula is C21H24N4O3S. The van der Waals surface area contributed by atoms with Crippen LogP contribution in [-0.4, -0.2) is 34.5 Å². The topological polar surface area (TPSA) is 93.1 Å². The number of nitrogens with one attached hydrogen (secondary N) is 2. The summed E-state index contributed by atoms with van der Waals surface area (Å²) >= 11 is 1.40. The fourth-order valence-corrected chi connectivity index (χ4v) is 4.00. The molecule has 0 aliphatic heterocycles. The Balaban J connectivity index is 1.91. The molecule has 1 aromatic carbocycles. The number of hydrogen-bond donors (Lipinski definition) is 2. The number of carbonyl (C=O) groups is 2. The normalized spacial score (nSPS) is 12.2. The van der Waals surface area contributed by atoms with E-state index < -0.39 is 11.9 Å². The number of hydrogen-bond acceptors (Lipinski definition) is 5. The standard InChI is InChI=1S/C21H24N4O3S/c1-12(2)18(19(27)22-4)24-16(26)9-25-11-23-20-17(21(25)28)15(10-29-20)14-7-5-13(3)6-8-14/h5-8,10-12,18H,9H2,1-4H3,(H,22,27)(H,24,26)/t18-/m0/s1. The van der Waals surface area contributed by atoms with Gasteiger partial charge in [0, 0.05) is 18.0 Å². The zero-order chi connectivity index (χ0) is 21.1. The zero-order valence-corrected chi connectivity index (χ0v) is 17.7. The van der Waals surface area contributed by atoms with Crippen molar-refractivity contribution in [3.63, 3.8) is 0 Å². The molecule has 152 valence electrons. The highest BCUT2D eigenvalue weighted by molar-refractivity contribution is 7.17. The van der Waals surface area contributed by atoms with E-state index in [1.54, 1.807) is 0 Å². The van der Waals surface area contributed by atoms with E-state index >= 15 is 0 Å². The van der Waals surface area contributed by atoms with Crippen LogP contribution in [0.3, 0.4) is 0 Å². The van der Waals surface area contributed by atoms with Gasteiger partial charge in [0.25, 0.3) is 5.56 Å². The predicted molar refractivity (Wildman–Crippen MR) is 115 cm³/mol. The molecule has 2 N–H and O–H groups in total. The quantitative estimate of drug-likeness (QED) is 0.650. The van der Waals surface area contributed by atoms with E-state index in [0.29, 0.717) is 10.2 Å². The monoisotopic (exact) mass is 412 g/mol. The highest BCUT2D eigenvalue weighted by atomic mass is 32.1. The van der Waals surface area contributed by atoms with Gasteiger partial charge in [-0.2, -0.15) is 0 Å². The minimum absolute atomic E-state index is 0.0822. The molecule has 2 aromatic heterocycles. The van der Waals surface area contributed by atoms with Crippen LogP contribution >= 0.6 is 11.3 Å². The number of likely N-dealkylation sites (N-methyl/N-ethyl adjacent to an activating group) is 1. The average molecular weight is 413 g/mol. The van der Waals surface area contributed by atoms with Gasteiger partial charge in [-0.15, -0.1) is 11.3 Å². The Kier molecular flexibility index (Phi) is 6.12. The lowest BCUT2D eigenvalue weighted by Crippen LogP contribution is -2.50. The molecule has 0 bridgehead atoms. The lowest BCUT2D eigenvalue weighted by atomic mass is 10.0. The first kappa shape index (κ1) is 20.7. The third-order valence-electron chi connectivity index (χ3n) is 4.75. The average Bonchev–Trinajstić information content (AvgIpc) is 3.13. The number of nitrogens with zero attached hydrogens (tertiary/aromatic N) is 2. The maximum Gasteiger partial charge on any atom is 0.263 e. The highest BCUT2D eigenvalue weighted by Crippen LogP contribution is 2.30. The van der Waals surface area contributed by atoms with E-state index in [0.717, 1.165) is 16.7 Å². The molecule has 0 radical (unpaired) electrons. The van der Waals surface area contributed by atoms with Crippen LogP contribution in [0.15, 0.2) is 40.8 Å². The van der Waals surface area contributed by atoms with Crippen molar-refractivity contribution in [2.24, 2.45) is 5.92 Å². The molecule has 0 fully saturated rings. The maximum atomic E-state index is 13.1. The maximum absolute atomic E-state index is 13.1. The Morgan fingerprint density at radius 1 is 1.21 bits per heavy atom. The van der Waals surface area contributed by atoms with Crippen molar-refractivity contribution in [3.05, 3.63) is 51.9 Å². The van der Waals surface area contributed by atoms with Gasteiger partial charge in [0.1, 0.15) is 17.4 Å². The minimum Gasteiger partial charge on any atom is -0.357 e. The number of fused-ring (bicyclic) bond motifs is 1. The molecule has 1 atom stereocenters. The fraction of sp³-hybridized carbons (Fsp3) is 0.333. The second kappa shape index (κ2) is 8.57. The number of benzene rings is 1. The van der Waals surface area contributed by atoms with Crippen LogP contribution in [0.5, 0.6) is 0 Å². The van der Waals surface area contributed by atoms with Crippen LogP contribution in [0.25, 0.3) is 21.3 Å². The summed E-state index contributed by atoms with van der Waals surface area (Å²) in [5.74, 6) is -0.766. The van der Waals surface area contributed by atoms with Crippen LogP contribution in [0.4, 0.5) is 0 Å². The predicted octanol–water partition coefficient (Wildman–Crippen LogP) is 2.32. The van der Waals surface area contributed by atoms with Gasteiger partial charge in [-0.3, -0.25) is 19.0 Å². The van der Waals surface area contributed by atoms with Crippen molar-refractivity contribution in [1.82, 2.24) is 20.2 Å². The summed E-state index contributed by atoms with van der Waals surface area (Å²) in [5.41, 5.74) is 2.60. The van der Waals surface area contributed by atoms with Crippen molar-refractivity contribution in [3.8, 4) is 11.1 Å². The summed E-state index contributed by atoms with van der Waals surface area (Å²) in [6.45, 7) is 5.50. The van der Waals surface area contributed by atoms with Crippen LogP contribution in [0.1, 0.15) is 19.4 Å². The number of carbonyl (C=O) groups excluding carboxylic acids is 2. The lowest BCUT2D eigenvalue weighted by molar-refractivity contribution is -0.130. The third-order valence-corrected chi connectivity index (χ3v) is 5.64. The zero-order valence-electron chi connectivity index (χ0n) is 16.9. The van der Waals surface area contributed by atoms with E-state index in [4.69, 9.17) is 0 Å². The molecule has 8 heteroatoms. The number of amides is 2. The fourth-order valence-electron chi connectivity index (χ4n) is 3.09. The van der Waals surface area contributed by atoms with Crippen LogP contribution in [0.2, 0.25) is 0 Å². The molecule has 29 heavy (non-hydrogen) atoms. The molecule has 7 nitrogen and oxygen atoms in total. The molecule has 3 rings (SSSR count). The van der Waals surface area contributed by atoms with Gasteiger partial charge in [-0.05, 0) is 18.4 Å². The summed E-state index contributed by atoms with van der Waals surface area (Å²) in [4.78, 5) is 42.5. The van der Waals surface area contributed by atoms with Gasteiger partial charge in [0.15, 0.2) is 0 Å². The molecule has 0 unspecified atom stereocenters. The van der Waals surface area contributed by atoms with Gasteiger partial charge in [-0.1, -0.05) is 43.7 Å².